The summed E-state index contributed by atoms with van der Waals surface area (Å²) in [6, 6.07) is 23.5. The molecule has 1 aliphatic heterocycles. The third kappa shape index (κ3) is 3.97. The van der Waals surface area contributed by atoms with Crippen molar-refractivity contribution in [2.24, 2.45) is 0 Å². The number of hydrogen-bond donors (Lipinski definition) is 0. The lowest BCUT2D eigenvalue weighted by Crippen LogP contribution is -2.23. The molecular formula is C27H21FN2O2. The fourth-order valence-corrected chi connectivity index (χ4v) is 4.09. The van der Waals surface area contributed by atoms with Crippen LogP contribution in [0.2, 0.25) is 0 Å². The Balaban J connectivity index is 1.31. The van der Waals surface area contributed by atoms with E-state index in [4.69, 9.17) is 4.74 Å². The summed E-state index contributed by atoms with van der Waals surface area (Å²) in [5, 5.41) is 0. The number of amides is 1. The lowest BCUT2D eigenvalue weighted by Gasteiger charge is -2.16. The maximum Gasteiger partial charge on any atom is 0.255 e. The maximum atomic E-state index is 13.3. The van der Waals surface area contributed by atoms with Crippen LogP contribution in [0.25, 0.3) is 11.3 Å². The van der Waals surface area contributed by atoms with Gasteiger partial charge in [0.1, 0.15) is 17.3 Å². The van der Waals surface area contributed by atoms with E-state index in [1.165, 1.54) is 12.1 Å². The molecule has 0 aliphatic carbocycles. The molecule has 1 amide bonds. The molecule has 1 aromatic heterocycles. The number of aromatic nitrogens is 1. The third-order valence-electron chi connectivity index (χ3n) is 5.57. The summed E-state index contributed by atoms with van der Waals surface area (Å²) in [6.45, 7) is 3.05. The van der Waals surface area contributed by atoms with Crippen molar-refractivity contribution < 1.29 is 13.9 Å². The van der Waals surface area contributed by atoms with E-state index in [-0.39, 0.29) is 11.7 Å². The van der Waals surface area contributed by atoms with E-state index in [1.54, 1.807) is 18.3 Å². The number of carbonyl (C=O) groups excluding carboxylic acids is 1. The first kappa shape index (κ1) is 19.9. The second-order valence-corrected chi connectivity index (χ2v) is 7.91. The van der Waals surface area contributed by atoms with E-state index in [2.05, 4.69) is 11.1 Å². The predicted octanol–water partition coefficient (Wildman–Crippen LogP) is 6.14. The number of aryl methyl sites for hydroxylation is 1. The molecule has 32 heavy (non-hydrogen) atoms. The number of hydrogen-bond acceptors (Lipinski definition) is 3. The van der Waals surface area contributed by atoms with Crippen LogP contribution in [-0.4, -0.2) is 15.8 Å². The van der Waals surface area contributed by atoms with Crippen molar-refractivity contribution in [1.29, 1.82) is 0 Å². The van der Waals surface area contributed by atoms with Crippen molar-refractivity contribution in [1.82, 2.24) is 9.88 Å². The summed E-state index contributed by atoms with van der Waals surface area (Å²) in [6.07, 6.45) is 1.77. The highest BCUT2D eigenvalue weighted by molar-refractivity contribution is 6.00. The molecule has 0 saturated carbocycles. The molecule has 5 rings (SSSR count). The van der Waals surface area contributed by atoms with Gasteiger partial charge in [0, 0.05) is 36.5 Å². The minimum atomic E-state index is -0.340. The monoisotopic (exact) mass is 424 g/mol. The molecule has 0 radical (unpaired) electrons. The van der Waals surface area contributed by atoms with Gasteiger partial charge in [0.25, 0.3) is 5.91 Å². The van der Waals surface area contributed by atoms with Gasteiger partial charge < -0.3 is 9.64 Å². The van der Waals surface area contributed by atoms with Gasteiger partial charge in [-0.1, -0.05) is 24.3 Å². The minimum absolute atomic E-state index is 0.0464. The second kappa shape index (κ2) is 8.27. The molecule has 3 aromatic carbocycles. The molecule has 4 nitrogen and oxygen atoms in total. The Morgan fingerprint density at radius 1 is 0.969 bits per heavy atom. The average Bonchev–Trinajstić information content (AvgIpc) is 3.11. The minimum Gasteiger partial charge on any atom is -0.457 e. The summed E-state index contributed by atoms with van der Waals surface area (Å²) < 4.78 is 19.0. The topological polar surface area (TPSA) is 42.4 Å². The third-order valence-corrected chi connectivity index (χ3v) is 5.57. The zero-order valence-corrected chi connectivity index (χ0v) is 17.6. The van der Waals surface area contributed by atoms with Crippen LogP contribution in [0, 0.1) is 12.7 Å². The van der Waals surface area contributed by atoms with Gasteiger partial charge in [0.15, 0.2) is 0 Å². The van der Waals surface area contributed by atoms with Crippen molar-refractivity contribution in [2.45, 2.75) is 20.0 Å². The number of nitrogens with zero attached hydrogens (tertiary/aromatic N) is 2. The Morgan fingerprint density at radius 3 is 2.56 bits per heavy atom. The molecule has 1 aliphatic rings. The molecule has 0 spiro atoms. The summed E-state index contributed by atoms with van der Waals surface area (Å²) in [4.78, 5) is 19.3. The summed E-state index contributed by atoms with van der Waals surface area (Å²) in [5.74, 6) is 0.770. The first-order chi connectivity index (χ1) is 15.6. The first-order valence-corrected chi connectivity index (χ1v) is 10.4. The number of pyridine rings is 1. The highest BCUT2D eigenvalue weighted by Gasteiger charge is 2.29. The Bertz CT molecular complexity index is 1290. The number of ether oxygens (including phenoxy) is 1. The van der Waals surface area contributed by atoms with E-state index in [0.717, 1.165) is 33.5 Å². The van der Waals surface area contributed by atoms with E-state index >= 15 is 0 Å². The molecule has 158 valence electrons. The van der Waals surface area contributed by atoms with Crippen LogP contribution in [0.4, 0.5) is 4.39 Å². The zero-order chi connectivity index (χ0) is 22.1. The van der Waals surface area contributed by atoms with Crippen LogP contribution >= 0.6 is 0 Å². The first-order valence-electron chi connectivity index (χ1n) is 10.4. The number of fused-ring (bicyclic) bond motifs is 1. The molecule has 0 N–H and O–H groups in total. The van der Waals surface area contributed by atoms with E-state index < -0.39 is 0 Å². The van der Waals surface area contributed by atoms with Crippen LogP contribution in [0.15, 0.2) is 85.1 Å². The molecular weight excluding hydrogens is 403 g/mol. The van der Waals surface area contributed by atoms with Crippen molar-refractivity contribution in [2.75, 3.05) is 0 Å². The van der Waals surface area contributed by atoms with Gasteiger partial charge >= 0.3 is 0 Å². The molecule has 0 fully saturated rings. The number of rotatable bonds is 5. The molecule has 4 aromatic rings. The number of benzene rings is 3. The summed E-state index contributed by atoms with van der Waals surface area (Å²) >= 11 is 0. The smallest absolute Gasteiger partial charge is 0.255 e. The lowest BCUT2D eigenvalue weighted by molar-refractivity contribution is 0.0766. The van der Waals surface area contributed by atoms with Crippen LogP contribution in [0.5, 0.6) is 11.5 Å². The predicted molar refractivity (Wildman–Crippen MR) is 121 cm³/mol. The van der Waals surface area contributed by atoms with E-state index in [0.29, 0.717) is 24.6 Å². The van der Waals surface area contributed by atoms with Gasteiger partial charge in [-0.2, -0.15) is 0 Å². The fourth-order valence-electron chi connectivity index (χ4n) is 4.09. The lowest BCUT2D eigenvalue weighted by atomic mass is 9.98. The summed E-state index contributed by atoms with van der Waals surface area (Å²) in [7, 11) is 0. The van der Waals surface area contributed by atoms with Crippen LogP contribution < -0.4 is 4.74 Å². The van der Waals surface area contributed by atoms with Crippen LogP contribution in [-0.2, 0) is 13.1 Å². The molecule has 0 atom stereocenters. The van der Waals surface area contributed by atoms with Crippen LogP contribution in [0.3, 0.4) is 0 Å². The van der Waals surface area contributed by atoms with E-state index in [1.807, 2.05) is 60.4 Å². The second-order valence-electron chi connectivity index (χ2n) is 7.91. The molecule has 2 heterocycles. The van der Waals surface area contributed by atoms with Gasteiger partial charge in [0.2, 0.25) is 0 Å². The standard InChI is InChI=1S/C27H21FN2O2/c1-18-13-20(25-7-2-3-12-29-25)14-21-17-30(27(31)26(18)21)16-19-8-10-23(11-9-19)32-24-6-4-5-22(28)15-24/h2-15H,16-17H2,1H3. The average molecular weight is 424 g/mol. The zero-order valence-electron chi connectivity index (χ0n) is 17.6. The Labute approximate surface area is 185 Å². The van der Waals surface area contributed by atoms with E-state index in [9.17, 15) is 9.18 Å². The quantitative estimate of drug-likeness (QED) is 0.386. The highest BCUT2D eigenvalue weighted by Crippen LogP contribution is 2.32. The SMILES string of the molecule is Cc1cc(-c2ccccn2)cc2c1C(=O)N(Cc1ccc(Oc3cccc(F)c3)cc1)C2. The largest absolute Gasteiger partial charge is 0.457 e. The molecule has 5 heteroatoms. The van der Waals surface area contributed by atoms with Gasteiger partial charge in [-0.25, -0.2) is 4.39 Å². The van der Waals surface area contributed by atoms with Gasteiger partial charge in [-0.3, -0.25) is 9.78 Å². The van der Waals surface area contributed by atoms with Crippen molar-refractivity contribution in [3.05, 3.63) is 113 Å². The summed E-state index contributed by atoms with van der Waals surface area (Å²) in [5.41, 5.74) is 5.71. The van der Waals surface area contributed by atoms with Crippen molar-refractivity contribution in [3.63, 3.8) is 0 Å². The Hall–Kier alpha value is -3.99. The van der Waals surface area contributed by atoms with Crippen molar-refractivity contribution in [3.8, 4) is 22.8 Å². The highest BCUT2D eigenvalue weighted by atomic mass is 19.1. The Morgan fingerprint density at radius 2 is 1.81 bits per heavy atom. The maximum absolute atomic E-state index is 13.3. The van der Waals surface area contributed by atoms with Crippen molar-refractivity contribution >= 4 is 5.91 Å². The Kier molecular flexibility index (Phi) is 5.15. The molecule has 0 saturated heterocycles. The van der Waals surface area contributed by atoms with Gasteiger partial charge in [-0.15, -0.1) is 0 Å². The number of halogens is 1. The fraction of sp³-hybridized carbons (Fsp3) is 0.111. The number of carbonyl (C=O) groups is 1. The normalized spacial score (nSPS) is 12.7. The molecule has 0 unspecified atom stereocenters. The molecule has 0 bridgehead atoms. The van der Waals surface area contributed by atoms with Crippen LogP contribution in [0.1, 0.15) is 27.0 Å². The van der Waals surface area contributed by atoms with Gasteiger partial charge in [0.05, 0.1) is 5.69 Å². The van der Waals surface area contributed by atoms with Gasteiger partial charge in [-0.05, 0) is 72.1 Å².